The van der Waals surface area contributed by atoms with Crippen LogP contribution in [0.25, 0.3) is 11.3 Å². The van der Waals surface area contributed by atoms with Crippen molar-refractivity contribution >= 4 is 33.8 Å². The van der Waals surface area contributed by atoms with E-state index in [1.807, 2.05) is 53.9 Å². The molecule has 5 nitrogen and oxygen atoms in total. The Hall–Kier alpha value is -2.86. The number of carbonyl (C=O) groups is 1. The number of nitrogens with one attached hydrogen (secondary N) is 2. The highest BCUT2D eigenvalue weighted by atomic mass is 32.1. The molecule has 0 unspecified atom stereocenters. The second kappa shape index (κ2) is 9.96. The predicted molar refractivity (Wildman–Crippen MR) is 130 cm³/mol. The van der Waals surface area contributed by atoms with Gasteiger partial charge in [-0.05, 0) is 42.0 Å². The lowest BCUT2D eigenvalue weighted by Crippen LogP contribution is -2.18. The third-order valence-electron chi connectivity index (χ3n) is 4.76. The predicted octanol–water partition coefficient (Wildman–Crippen LogP) is 6.96. The maximum Gasteiger partial charge on any atom is 0.224 e. The van der Waals surface area contributed by atoms with Crippen LogP contribution in [0.5, 0.6) is 5.75 Å². The minimum atomic E-state index is 0.0487. The van der Waals surface area contributed by atoms with Crippen molar-refractivity contribution in [3.05, 3.63) is 53.9 Å². The van der Waals surface area contributed by atoms with Gasteiger partial charge in [-0.1, -0.05) is 45.9 Å². The molecule has 1 heterocycles. The number of nitrogens with zero attached hydrogens (tertiary/aromatic N) is 1. The Labute approximate surface area is 188 Å². The number of rotatable bonds is 8. The van der Waals surface area contributed by atoms with Crippen molar-refractivity contribution in [3.8, 4) is 17.0 Å². The summed E-state index contributed by atoms with van der Waals surface area (Å²) in [5, 5.41) is 9.16. The molecule has 31 heavy (non-hydrogen) atoms. The molecule has 1 amide bonds. The summed E-state index contributed by atoms with van der Waals surface area (Å²) < 4.78 is 5.27. The number of aromatic nitrogens is 1. The van der Waals surface area contributed by atoms with Crippen LogP contribution in [0.3, 0.4) is 0 Å². The van der Waals surface area contributed by atoms with Gasteiger partial charge < -0.3 is 15.4 Å². The Bertz CT molecular complexity index is 1020. The SMILES string of the molecule is COc1cccc(Nc2nc(-c3cccc(NC(=O)C[C@@H](C)CC(C)(C)C)c3)cs2)c1. The summed E-state index contributed by atoms with van der Waals surface area (Å²) in [4.78, 5) is 17.2. The molecule has 0 saturated heterocycles. The maximum atomic E-state index is 12.5. The second-order valence-corrected chi connectivity index (χ2v) is 9.96. The van der Waals surface area contributed by atoms with Crippen LogP contribution in [0.2, 0.25) is 0 Å². The van der Waals surface area contributed by atoms with E-state index >= 15 is 0 Å². The summed E-state index contributed by atoms with van der Waals surface area (Å²) in [7, 11) is 1.65. The third-order valence-corrected chi connectivity index (χ3v) is 5.52. The summed E-state index contributed by atoms with van der Waals surface area (Å²) in [5.74, 6) is 1.18. The molecule has 0 saturated carbocycles. The van der Waals surface area contributed by atoms with E-state index in [2.05, 4.69) is 38.3 Å². The molecular formula is C25H31N3O2S. The molecule has 3 aromatic rings. The minimum absolute atomic E-state index is 0.0487. The molecule has 0 spiro atoms. The van der Waals surface area contributed by atoms with Gasteiger partial charge in [0.15, 0.2) is 5.13 Å². The fraction of sp³-hybridized carbons (Fsp3) is 0.360. The molecule has 2 aromatic carbocycles. The van der Waals surface area contributed by atoms with Gasteiger partial charge in [-0.25, -0.2) is 4.98 Å². The fourth-order valence-electron chi connectivity index (χ4n) is 3.69. The summed E-state index contributed by atoms with van der Waals surface area (Å²) in [6.45, 7) is 8.75. The number of carbonyl (C=O) groups excluding carboxylic acids is 1. The lowest BCUT2D eigenvalue weighted by atomic mass is 9.84. The van der Waals surface area contributed by atoms with E-state index in [9.17, 15) is 4.79 Å². The Balaban J connectivity index is 1.64. The molecule has 0 bridgehead atoms. The Morgan fingerprint density at radius 2 is 1.87 bits per heavy atom. The summed E-state index contributed by atoms with van der Waals surface area (Å²) >= 11 is 1.54. The molecule has 0 aliphatic heterocycles. The highest BCUT2D eigenvalue weighted by Gasteiger charge is 2.18. The number of methoxy groups -OCH3 is 1. The van der Waals surface area contributed by atoms with Crippen LogP contribution >= 0.6 is 11.3 Å². The van der Waals surface area contributed by atoms with E-state index in [1.54, 1.807) is 7.11 Å². The molecule has 0 aliphatic carbocycles. The average Bonchev–Trinajstić information content (AvgIpc) is 3.15. The van der Waals surface area contributed by atoms with E-state index in [0.717, 1.165) is 39.9 Å². The third kappa shape index (κ3) is 7.10. The smallest absolute Gasteiger partial charge is 0.224 e. The Kier molecular flexibility index (Phi) is 7.33. The molecule has 0 radical (unpaired) electrons. The molecule has 0 aliphatic rings. The van der Waals surface area contributed by atoms with Crippen LogP contribution in [0.1, 0.15) is 40.5 Å². The summed E-state index contributed by atoms with van der Waals surface area (Å²) in [6, 6.07) is 15.6. The number of anilines is 3. The van der Waals surface area contributed by atoms with Gasteiger partial charge in [0, 0.05) is 34.8 Å². The van der Waals surface area contributed by atoms with E-state index in [0.29, 0.717) is 12.3 Å². The minimum Gasteiger partial charge on any atom is -0.497 e. The Morgan fingerprint density at radius 3 is 2.61 bits per heavy atom. The molecule has 1 atom stereocenters. The number of hydrogen-bond acceptors (Lipinski definition) is 5. The van der Waals surface area contributed by atoms with Crippen molar-refractivity contribution in [2.24, 2.45) is 11.3 Å². The first-order chi connectivity index (χ1) is 14.7. The number of ether oxygens (including phenoxy) is 1. The standard InChI is InChI=1S/C25H31N3O2S/c1-17(15-25(2,3)4)12-23(29)26-19-9-6-8-18(13-19)22-16-31-24(28-22)27-20-10-7-11-21(14-20)30-5/h6-11,13-14,16-17H,12,15H2,1-5H3,(H,26,29)(H,27,28)/t17-/m1/s1. The van der Waals surface area contributed by atoms with Crippen LogP contribution in [-0.2, 0) is 4.79 Å². The number of benzene rings is 2. The monoisotopic (exact) mass is 437 g/mol. The van der Waals surface area contributed by atoms with Crippen LogP contribution in [-0.4, -0.2) is 18.0 Å². The van der Waals surface area contributed by atoms with Crippen molar-refractivity contribution in [1.82, 2.24) is 4.98 Å². The first-order valence-corrected chi connectivity index (χ1v) is 11.4. The van der Waals surface area contributed by atoms with Gasteiger partial charge in [0.2, 0.25) is 5.91 Å². The highest BCUT2D eigenvalue weighted by molar-refractivity contribution is 7.14. The molecule has 1 aromatic heterocycles. The van der Waals surface area contributed by atoms with Crippen LogP contribution < -0.4 is 15.4 Å². The number of hydrogen-bond donors (Lipinski definition) is 2. The van der Waals surface area contributed by atoms with Gasteiger partial charge in [-0.2, -0.15) is 0 Å². The fourth-order valence-corrected chi connectivity index (χ4v) is 4.43. The quantitative estimate of drug-likeness (QED) is 0.400. The first-order valence-electron chi connectivity index (χ1n) is 10.5. The highest BCUT2D eigenvalue weighted by Crippen LogP contribution is 2.30. The molecule has 164 valence electrons. The average molecular weight is 438 g/mol. The van der Waals surface area contributed by atoms with Gasteiger partial charge in [-0.15, -0.1) is 11.3 Å². The molecule has 0 fully saturated rings. The zero-order valence-electron chi connectivity index (χ0n) is 18.9. The van der Waals surface area contributed by atoms with Crippen molar-refractivity contribution in [1.29, 1.82) is 0 Å². The van der Waals surface area contributed by atoms with Crippen molar-refractivity contribution in [2.75, 3.05) is 17.7 Å². The van der Waals surface area contributed by atoms with Crippen molar-refractivity contribution < 1.29 is 9.53 Å². The number of amides is 1. The zero-order chi connectivity index (χ0) is 22.4. The summed E-state index contributed by atoms with van der Waals surface area (Å²) in [6.07, 6.45) is 1.54. The molecule has 2 N–H and O–H groups in total. The van der Waals surface area contributed by atoms with E-state index < -0.39 is 0 Å². The number of thiazole rings is 1. The lowest BCUT2D eigenvalue weighted by molar-refractivity contribution is -0.117. The van der Waals surface area contributed by atoms with Gasteiger partial charge in [0.25, 0.3) is 0 Å². The van der Waals surface area contributed by atoms with Gasteiger partial charge in [0.05, 0.1) is 12.8 Å². The van der Waals surface area contributed by atoms with Crippen LogP contribution in [0.4, 0.5) is 16.5 Å². The first kappa shape index (κ1) is 22.8. The van der Waals surface area contributed by atoms with Crippen molar-refractivity contribution in [3.63, 3.8) is 0 Å². The van der Waals surface area contributed by atoms with Gasteiger partial charge >= 0.3 is 0 Å². The van der Waals surface area contributed by atoms with E-state index in [1.165, 1.54) is 11.3 Å². The van der Waals surface area contributed by atoms with Crippen molar-refractivity contribution in [2.45, 2.75) is 40.5 Å². The lowest BCUT2D eigenvalue weighted by Gasteiger charge is -2.22. The van der Waals surface area contributed by atoms with Crippen LogP contribution in [0, 0.1) is 11.3 Å². The topological polar surface area (TPSA) is 63.2 Å². The van der Waals surface area contributed by atoms with E-state index in [4.69, 9.17) is 9.72 Å². The summed E-state index contributed by atoms with van der Waals surface area (Å²) in [5.41, 5.74) is 3.77. The normalized spacial score (nSPS) is 12.3. The second-order valence-electron chi connectivity index (χ2n) is 9.10. The zero-order valence-corrected chi connectivity index (χ0v) is 19.7. The molecular weight excluding hydrogens is 406 g/mol. The molecule has 6 heteroatoms. The maximum absolute atomic E-state index is 12.5. The van der Waals surface area contributed by atoms with Crippen LogP contribution in [0.15, 0.2) is 53.9 Å². The van der Waals surface area contributed by atoms with Gasteiger partial charge in [-0.3, -0.25) is 4.79 Å². The van der Waals surface area contributed by atoms with Gasteiger partial charge in [0.1, 0.15) is 5.75 Å². The molecule has 3 rings (SSSR count). The largest absolute Gasteiger partial charge is 0.497 e. The Morgan fingerprint density at radius 1 is 1.13 bits per heavy atom. The van der Waals surface area contributed by atoms with E-state index in [-0.39, 0.29) is 11.3 Å².